The molecular formula is C12H22BNO4. The second-order valence-electron chi connectivity index (χ2n) is 5.71. The van der Waals surface area contributed by atoms with Crippen LogP contribution in [0.3, 0.4) is 0 Å². The number of nitrogens with zero attached hydrogens (tertiary/aromatic N) is 1. The maximum Gasteiger partial charge on any atom is 0.483 e. The van der Waals surface area contributed by atoms with E-state index in [9.17, 15) is 4.79 Å². The van der Waals surface area contributed by atoms with Gasteiger partial charge >= 0.3 is 13.2 Å². The summed E-state index contributed by atoms with van der Waals surface area (Å²) in [4.78, 5) is 13.5. The fraction of sp³-hybridized carbons (Fsp3) is 0.750. The van der Waals surface area contributed by atoms with Crippen molar-refractivity contribution in [2.45, 2.75) is 39.2 Å². The molecule has 1 amide bonds. The molecule has 0 aromatic heterocycles. The zero-order chi connectivity index (χ0) is 13.9. The Morgan fingerprint density at radius 3 is 2.56 bits per heavy atom. The van der Waals surface area contributed by atoms with E-state index in [1.54, 1.807) is 4.90 Å². The molecule has 0 aromatic rings. The van der Waals surface area contributed by atoms with Gasteiger partial charge in [0.15, 0.2) is 0 Å². The van der Waals surface area contributed by atoms with Crippen LogP contribution in [0.1, 0.15) is 33.6 Å². The third kappa shape index (κ3) is 4.35. The summed E-state index contributed by atoms with van der Waals surface area (Å²) in [6.07, 6.45) is 1.28. The summed E-state index contributed by atoms with van der Waals surface area (Å²) in [5.41, 5.74) is -0.152. The van der Waals surface area contributed by atoms with Crippen molar-refractivity contribution in [2.24, 2.45) is 5.92 Å². The van der Waals surface area contributed by atoms with Gasteiger partial charge in [-0.05, 0) is 45.0 Å². The third-order valence-electron chi connectivity index (χ3n) is 2.93. The Hall–Kier alpha value is -1.01. The van der Waals surface area contributed by atoms with E-state index in [1.807, 2.05) is 20.8 Å². The molecule has 18 heavy (non-hydrogen) atoms. The zero-order valence-corrected chi connectivity index (χ0v) is 11.3. The highest BCUT2D eigenvalue weighted by Crippen LogP contribution is 2.24. The molecule has 0 bridgehead atoms. The Morgan fingerprint density at radius 2 is 2.06 bits per heavy atom. The first kappa shape index (κ1) is 15.1. The number of carbonyl (C=O) groups is 1. The van der Waals surface area contributed by atoms with Gasteiger partial charge in [0.05, 0.1) is 0 Å². The fourth-order valence-electron chi connectivity index (χ4n) is 1.98. The summed E-state index contributed by atoms with van der Waals surface area (Å²) in [6, 6.07) is 0. The second-order valence-corrected chi connectivity index (χ2v) is 5.71. The van der Waals surface area contributed by atoms with Crippen molar-refractivity contribution >= 4 is 13.2 Å². The van der Waals surface area contributed by atoms with Crippen molar-refractivity contribution in [3.63, 3.8) is 0 Å². The van der Waals surface area contributed by atoms with Crippen molar-refractivity contribution in [1.29, 1.82) is 0 Å². The molecule has 1 rings (SSSR count). The van der Waals surface area contributed by atoms with E-state index in [4.69, 9.17) is 14.8 Å². The van der Waals surface area contributed by atoms with Crippen molar-refractivity contribution in [2.75, 3.05) is 13.1 Å². The van der Waals surface area contributed by atoms with Crippen LogP contribution in [-0.4, -0.2) is 46.9 Å². The standard InChI is InChI=1S/C12H22BNO4/c1-9(13(16)17)10-6-5-7-14(8-10)11(15)18-12(2,3)4/h10,16-17H,1,5-8H2,2-4H3. The summed E-state index contributed by atoms with van der Waals surface area (Å²) in [5, 5.41) is 18.2. The molecule has 1 unspecified atom stereocenters. The monoisotopic (exact) mass is 255 g/mol. The SMILES string of the molecule is C=C(B(O)O)C1CCCN(C(=O)OC(C)(C)C)C1. The van der Waals surface area contributed by atoms with Crippen LogP contribution in [0.2, 0.25) is 0 Å². The molecule has 1 heterocycles. The van der Waals surface area contributed by atoms with Crippen LogP contribution in [0.4, 0.5) is 4.79 Å². The summed E-state index contributed by atoms with van der Waals surface area (Å²) in [6.45, 7) is 10.2. The van der Waals surface area contributed by atoms with E-state index in [0.717, 1.165) is 12.8 Å². The molecular weight excluding hydrogens is 233 g/mol. The number of likely N-dealkylation sites (tertiary alicyclic amines) is 1. The van der Waals surface area contributed by atoms with Crippen LogP contribution in [0.25, 0.3) is 0 Å². The molecule has 6 heteroatoms. The van der Waals surface area contributed by atoms with Crippen LogP contribution in [0.5, 0.6) is 0 Å². The van der Waals surface area contributed by atoms with Crippen LogP contribution >= 0.6 is 0 Å². The first-order valence-corrected chi connectivity index (χ1v) is 6.23. The van der Waals surface area contributed by atoms with Crippen LogP contribution in [0.15, 0.2) is 12.1 Å². The summed E-state index contributed by atoms with van der Waals surface area (Å²) >= 11 is 0. The molecule has 0 aromatic carbocycles. The first-order chi connectivity index (χ1) is 8.20. The Kier molecular flexibility index (Phi) is 4.81. The molecule has 102 valence electrons. The minimum Gasteiger partial charge on any atom is -0.444 e. The lowest BCUT2D eigenvalue weighted by Crippen LogP contribution is -2.44. The van der Waals surface area contributed by atoms with Crippen LogP contribution in [-0.2, 0) is 4.74 Å². The average Bonchev–Trinajstić information content (AvgIpc) is 2.25. The van der Waals surface area contributed by atoms with Crippen LogP contribution in [0, 0.1) is 5.92 Å². The summed E-state index contributed by atoms with van der Waals surface area (Å²) in [5.74, 6) is -0.0775. The lowest BCUT2D eigenvalue weighted by atomic mass is 9.70. The van der Waals surface area contributed by atoms with Crippen LogP contribution < -0.4 is 0 Å². The highest BCUT2D eigenvalue weighted by atomic mass is 16.6. The molecule has 1 aliphatic heterocycles. The topological polar surface area (TPSA) is 70.0 Å². The molecule has 5 nitrogen and oxygen atoms in total. The van der Waals surface area contributed by atoms with Gasteiger partial charge in [0.1, 0.15) is 5.60 Å². The molecule has 0 radical (unpaired) electrons. The molecule has 2 N–H and O–H groups in total. The van der Waals surface area contributed by atoms with E-state index < -0.39 is 12.7 Å². The predicted molar refractivity (Wildman–Crippen MR) is 69.9 cm³/mol. The largest absolute Gasteiger partial charge is 0.483 e. The molecule has 0 saturated carbocycles. The summed E-state index contributed by atoms with van der Waals surface area (Å²) in [7, 11) is -1.52. The summed E-state index contributed by atoms with van der Waals surface area (Å²) < 4.78 is 5.30. The maximum atomic E-state index is 11.9. The van der Waals surface area contributed by atoms with Crippen molar-refractivity contribution in [1.82, 2.24) is 4.90 Å². The molecule has 0 spiro atoms. The van der Waals surface area contributed by atoms with Gasteiger partial charge in [-0.15, -0.1) is 6.58 Å². The second kappa shape index (κ2) is 5.76. The predicted octanol–water partition coefficient (Wildman–Crippen LogP) is 1.20. The Labute approximate surface area is 109 Å². The van der Waals surface area contributed by atoms with E-state index in [2.05, 4.69) is 6.58 Å². The van der Waals surface area contributed by atoms with E-state index in [1.165, 1.54) is 0 Å². The van der Waals surface area contributed by atoms with Crippen molar-refractivity contribution < 1.29 is 19.6 Å². The van der Waals surface area contributed by atoms with E-state index in [-0.39, 0.29) is 12.0 Å². The quantitative estimate of drug-likeness (QED) is 0.727. The number of carbonyl (C=O) groups excluding carboxylic acids is 1. The smallest absolute Gasteiger partial charge is 0.444 e. The Balaban J connectivity index is 2.59. The van der Waals surface area contributed by atoms with Gasteiger partial charge in [0.2, 0.25) is 0 Å². The highest BCUT2D eigenvalue weighted by Gasteiger charge is 2.31. The number of ether oxygens (including phenoxy) is 1. The molecule has 1 fully saturated rings. The van der Waals surface area contributed by atoms with Crippen molar-refractivity contribution in [3.05, 3.63) is 12.1 Å². The molecule has 1 atom stereocenters. The van der Waals surface area contributed by atoms with Gasteiger partial charge in [-0.3, -0.25) is 0 Å². The number of rotatable bonds is 2. The number of amides is 1. The maximum absolute atomic E-state index is 11.9. The Morgan fingerprint density at radius 1 is 1.44 bits per heavy atom. The molecule has 0 aliphatic carbocycles. The normalized spacial score (nSPS) is 20.5. The minimum atomic E-state index is -1.52. The minimum absolute atomic E-state index is 0.0775. The number of hydrogen-bond acceptors (Lipinski definition) is 4. The van der Waals surface area contributed by atoms with Gasteiger partial charge in [-0.1, -0.05) is 0 Å². The van der Waals surface area contributed by atoms with Crippen molar-refractivity contribution in [3.8, 4) is 0 Å². The highest BCUT2D eigenvalue weighted by molar-refractivity contribution is 6.50. The van der Waals surface area contributed by atoms with E-state index in [0.29, 0.717) is 18.6 Å². The molecule has 1 saturated heterocycles. The van der Waals surface area contributed by atoms with Gasteiger partial charge in [-0.2, -0.15) is 0 Å². The zero-order valence-electron chi connectivity index (χ0n) is 11.3. The fourth-order valence-corrected chi connectivity index (χ4v) is 1.98. The molecule has 1 aliphatic rings. The first-order valence-electron chi connectivity index (χ1n) is 6.23. The number of piperidine rings is 1. The van der Waals surface area contributed by atoms with Gasteiger partial charge < -0.3 is 19.7 Å². The average molecular weight is 255 g/mol. The van der Waals surface area contributed by atoms with Gasteiger partial charge in [0, 0.05) is 13.1 Å². The third-order valence-corrected chi connectivity index (χ3v) is 2.93. The van der Waals surface area contributed by atoms with Gasteiger partial charge in [-0.25, -0.2) is 4.79 Å². The van der Waals surface area contributed by atoms with E-state index >= 15 is 0 Å². The van der Waals surface area contributed by atoms with Gasteiger partial charge in [0.25, 0.3) is 0 Å². The lowest BCUT2D eigenvalue weighted by molar-refractivity contribution is 0.0183. The number of hydrogen-bond donors (Lipinski definition) is 2. The Bertz CT molecular complexity index is 325. The lowest BCUT2D eigenvalue weighted by Gasteiger charge is -2.34.